The quantitative estimate of drug-likeness (QED) is 0.152. The van der Waals surface area contributed by atoms with Gasteiger partial charge in [0.2, 0.25) is 0 Å². The summed E-state index contributed by atoms with van der Waals surface area (Å²) in [5, 5.41) is 23.1. The molecule has 1 aromatic heterocycles. The van der Waals surface area contributed by atoms with Crippen molar-refractivity contribution in [3.63, 3.8) is 0 Å². The summed E-state index contributed by atoms with van der Waals surface area (Å²) < 4.78 is 5.56. The average molecular weight is 440 g/mol. The molecule has 1 unspecified atom stereocenters. The van der Waals surface area contributed by atoms with E-state index < -0.39 is 11.5 Å². The van der Waals surface area contributed by atoms with Crippen LogP contribution in [0.25, 0.3) is 16.7 Å². The van der Waals surface area contributed by atoms with Crippen LogP contribution in [0.3, 0.4) is 0 Å². The minimum Gasteiger partial charge on any atom is -0.507 e. The molecule has 4 aromatic rings. The molecule has 0 saturated heterocycles. The van der Waals surface area contributed by atoms with Gasteiger partial charge in [-0.3, -0.25) is 0 Å². The number of para-hydroxylation sites is 1. The second-order valence-corrected chi connectivity index (χ2v) is 8.11. The Kier molecular flexibility index (Phi) is 5.80. The molecule has 33 heavy (non-hydrogen) atoms. The van der Waals surface area contributed by atoms with Crippen molar-refractivity contribution in [3.8, 4) is 5.75 Å². The van der Waals surface area contributed by atoms with E-state index in [1.807, 2.05) is 25.1 Å². The minimum atomic E-state index is -0.844. The largest absolute Gasteiger partial charge is 0.507 e. The lowest BCUT2D eigenvalue weighted by atomic mass is 9.80. The fourth-order valence-electron chi connectivity index (χ4n) is 4.14. The van der Waals surface area contributed by atoms with Crippen molar-refractivity contribution in [2.75, 3.05) is 5.73 Å². The molecule has 0 aliphatic rings. The van der Waals surface area contributed by atoms with E-state index in [1.54, 1.807) is 61.5 Å². The van der Waals surface area contributed by atoms with Crippen molar-refractivity contribution in [1.82, 2.24) is 0 Å². The molecule has 0 spiro atoms. The lowest BCUT2D eigenvalue weighted by Gasteiger charge is -2.24. The van der Waals surface area contributed by atoms with Crippen molar-refractivity contribution in [2.45, 2.75) is 19.8 Å². The van der Waals surface area contributed by atoms with E-state index in [2.05, 4.69) is 6.58 Å². The Bertz CT molecular complexity index is 1450. The maximum Gasteiger partial charge on any atom is 0.344 e. The normalized spacial score (nSPS) is 12.9. The lowest BCUT2D eigenvalue weighted by molar-refractivity contribution is 0.453. The monoisotopic (exact) mass is 439 g/mol. The van der Waals surface area contributed by atoms with E-state index in [9.17, 15) is 15.0 Å². The summed E-state index contributed by atoms with van der Waals surface area (Å²) in [5.74, 6) is -1.06. The van der Waals surface area contributed by atoms with Gasteiger partial charge >= 0.3 is 5.63 Å². The van der Waals surface area contributed by atoms with E-state index in [1.165, 1.54) is 0 Å². The van der Waals surface area contributed by atoms with E-state index >= 15 is 0 Å². The van der Waals surface area contributed by atoms with Crippen LogP contribution in [-0.2, 0) is 0 Å². The molecule has 0 bridgehead atoms. The van der Waals surface area contributed by atoms with Crippen molar-refractivity contribution >= 4 is 22.4 Å². The molecule has 5 nitrogen and oxygen atoms in total. The number of hydrogen-bond acceptors (Lipinski definition) is 5. The Labute approximate surface area is 191 Å². The Balaban J connectivity index is 2.11. The van der Waals surface area contributed by atoms with Gasteiger partial charge in [0.1, 0.15) is 17.1 Å². The summed E-state index contributed by atoms with van der Waals surface area (Å²) in [6.45, 7) is 7.73. The standard InChI is InChI=1S/C28H25NO4/c1-16(2)23(26(30)20-9-5-4-8-17(20)3)24(18-12-14-19(29)15-13-18)25-27(31)21-10-6-7-11-22(21)33-28(25)32/h4-15,24,30-31H,1,29H2,2-3H3/b26-23-. The number of nitrogens with two attached hydrogens (primary N) is 1. The molecule has 0 saturated carbocycles. The van der Waals surface area contributed by atoms with E-state index in [0.29, 0.717) is 33.3 Å². The second-order valence-electron chi connectivity index (χ2n) is 8.11. The van der Waals surface area contributed by atoms with Crippen molar-refractivity contribution in [2.24, 2.45) is 0 Å². The number of aromatic hydroxyl groups is 1. The molecule has 4 N–H and O–H groups in total. The van der Waals surface area contributed by atoms with Gasteiger partial charge in [0, 0.05) is 22.7 Å². The van der Waals surface area contributed by atoms with Crippen LogP contribution in [0.5, 0.6) is 5.75 Å². The van der Waals surface area contributed by atoms with Crippen molar-refractivity contribution in [1.29, 1.82) is 0 Å². The first-order chi connectivity index (χ1) is 15.8. The SMILES string of the molecule is C=C(C)/C(=C(/O)c1ccccc1C)C(c1ccc(N)cc1)c1c(O)c2ccccc2oc1=O. The Hall–Kier alpha value is -4.25. The van der Waals surface area contributed by atoms with E-state index in [4.69, 9.17) is 10.2 Å². The lowest BCUT2D eigenvalue weighted by Crippen LogP contribution is -2.18. The summed E-state index contributed by atoms with van der Waals surface area (Å²) in [6, 6.07) is 21.1. The molecule has 1 heterocycles. The van der Waals surface area contributed by atoms with Crippen LogP contribution in [0.1, 0.15) is 35.1 Å². The molecule has 1 atom stereocenters. The molecular formula is C28H25NO4. The first-order valence-electron chi connectivity index (χ1n) is 10.5. The van der Waals surface area contributed by atoms with Gasteiger partial charge in [-0.15, -0.1) is 0 Å². The number of aliphatic hydroxyl groups excluding tert-OH is 1. The predicted octanol–water partition coefficient (Wildman–Crippen LogP) is 6.07. The fraction of sp³-hybridized carbons (Fsp3) is 0.107. The molecule has 5 heteroatoms. The summed E-state index contributed by atoms with van der Waals surface area (Å²) >= 11 is 0. The molecule has 0 radical (unpaired) electrons. The summed E-state index contributed by atoms with van der Waals surface area (Å²) in [4.78, 5) is 13.2. The molecule has 0 aliphatic heterocycles. The number of anilines is 1. The second kappa shape index (κ2) is 8.71. The summed E-state index contributed by atoms with van der Waals surface area (Å²) in [6.07, 6.45) is 0. The Morgan fingerprint density at radius 3 is 2.30 bits per heavy atom. The molecule has 4 rings (SSSR count). The summed E-state index contributed by atoms with van der Waals surface area (Å²) in [7, 11) is 0. The molecule has 166 valence electrons. The first kappa shape index (κ1) is 22.0. The topological polar surface area (TPSA) is 96.7 Å². The van der Waals surface area contributed by atoms with Gasteiger partial charge in [-0.1, -0.05) is 60.7 Å². The highest BCUT2D eigenvalue weighted by molar-refractivity contribution is 5.85. The van der Waals surface area contributed by atoms with Crippen molar-refractivity contribution < 1.29 is 14.6 Å². The molecule has 0 amide bonds. The van der Waals surface area contributed by atoms with Gasteiger partial charge in [0.25, 0.3) is 0 Å². The molecule has 3 aromatic carbocycles. The van der Waals surface area contributed by atoms with Crippen LogP contribution in [0.4, 0.5) is 5.69 Å². The molecule has 0 fully saturated rings. The number of hydrogen-bond donors (Lipinski definition) is 3. The van der Waals surface area contributed by atoms with Crippen molar-refractivity contribution in [3.05, 3.63) is 123 Å². The Morgan fingerprint density at radius 1 is 1.00 bits per heavy atom. The third-order valence-corrected chi connectivity index (χ3v) is 5.78. The maximum atomic E-state index is 13.2. The van der Waals surface area contributed by atoms with Crippen LogP contribution in [-0.4, -0.2) is 10.2 Å². The van der Waals surface area contributed by atoms with Gasteiger partial charge in [0.05, 0.1) is 10.9 Å². The third kappa shape index (κ3) is 4.01. The van der Waals surface area contributed by atoms with Crippen LogP contribution in [0.15, 0.2) is 99.7 Å². The highest BCUT2D eigenvalue weighted by Crippen LogP contribution is 2.43. The minimum absolute atomic E-state index is 0.0191. The number of aryl methyl sites for hydroxylation is 1. The zero-order valence-electron chi connectivity index (χ0n) is 18.5. The zero-order valence-corrected chi connectivity index (χ0v) is 18.5. The van der Waals surface area contributed by atoms with Crippen LogP contribution >= 0.6 is 0 Å². The van der Waals surface area contributed by atoms with Crippen LogP contribution in [0, 0.1) is 6.92 Å². The number of aliphatic hydroxyl groups is 1. The van der Waals surface area contributed by atoms with Gasteiger partial charge in [0.15, 0.2) is 0 Å². The maximum absolute atomic E-state index is 13.2. The van der Waals surface area contributed by atoms with Crippen LogP contribution < -0.4 is 11.4 Å². The number of nitrogen functional groups attached to an aromatic ring is 1. The van der Waals surface area contributed by atoms with Gasteiger partial charge < -0.3 is 20.4 Å². The van der Waals surface area contributed by atoms with Gasteiger partial charge in [-0.25, -0.2) is 4.79 Å². The van der Waals surface area contributed by atoms with Gasteiger partial charge in [-0.05, 0) is 49.2 Å². The fourth-order valence-corrected chi connectivity index (χ4v) is 4.14. The van der Waals surface area contributed by atoms with Crippen LogP contribution in [0.2, 0.25) is 0 Å². The molecule has 0 aliphatic carbocycles. The zero-order chi connectivity index (χ0) is 23.7. The number of fused-ring (bicyclic) bond motifs is 1. The smallest absolute Gasteiger partial charge is 0.344 e. The third-order valence-electron chi connectivity index (χ3n) is 5.78. The van der Waals surface area contributed by atoms with Gasteiger partial charge in [-0.2, -0.15) is 0 Å². The summed E-state index contributed by atoms with van der Waals surface area (Å²) in [5.41, 5.74) is 9.15. The number of rotatable bonds is 5. The number of allylic oxidation sites excluding steroid dienone is 2. The predicted molar refractivity (Wildman–Crippen MR) is 132 cm³/mol. The average Bonchev–Trinajstić information content (AvgIpc) is 2.79. The highest BCUT2D eigenvalue weighted by atomic mass is 16.4. The molecular weight excluding hydrogens is 414 g/mol. The highest BCUT2D eigenvalue weighted by Gasteiger charge is 2.31. The van der Waals surface area contributed by atoms with E-state index in [0.717, 1.165) is 5.56 Å². The van der Waals surface area contributed by atoms with E-state index in [-0.39, 0.29) is 22.7 Å². The first-order valence-corrected chi connectivity index (χ1v) is 10.5. The number of benzene rings is 3. The Morgan fingerprint density at radius 2 is 1.64 bits per heavy atom.